The minimum atomic E-state index is 0.0236. The largest absolute Gasteiger partial charge is 0.351 e. The van der Waals surface area contributed by atoms with E-state index in [4.69, 9.17) is 0 Å². The summed E-state index contributed by atoms with van der Waals surface area (Å²) >= 11 is 0. The Morgan fingerprint density at radius 1 is 0.727 bits per heavy atom. The third kappa shape index (κ3) is 3.42. The number of nitrogens with one attached hydrogen (secondary N) is 1. The molecule has 0 aliphatic heterocycles. The van der Waals surface area contributed by atoms with E-state index >= 15 is 0 Å². The van der Waals surface area contributed by atoms with Crippen molar-refractivity contribution in [3.63, 3.8) is 0 Å². The Labute approximate surface area is 191 Å². The Balaban J connectivity index is 1.56. The number of carbonyl (C=O) groups excluding carboxylic acids is 1. The molecule has 4 aromatic carbocycles. The lowest BCUT2D eigenvalue weighted by Gasteiger charge is -2.09. The van der Waals surface area contributed by atoms with E-state index in [9.17, 15) is 4.79 Å². The lowest BCUT2D eigenvalue weighted by Crippen LogP contribution is -2.03. The van der Waals surface area contributed by atoms with E-state index in [1.165, 1.54) is 0 Å². The quantitative estimate of drug-likeness (QED) is 0.321. The molecule has 0 spiro atoms. The van der Waals surface area contributed by atoms with E-state index in [1.54, 1.807) is 6.33 Å². The molecule has 4 nitrogen and oxygen atoms in total. The van der Waals surface area contributed by atoms with E-state index < -0.39 is 0 Å². The molecule has 6 aromatic rings. The first-order chi connectivity index (χ1) is 16.3. The van der Waals surface area contributed by atoms with E-state index in [0.29, 0.717) is 17.7 Å². The van der Waals surface area contributed by atoms with Gasteiger partial charge in [-0.15, -0.1) is 0 Å². The third-order valence-electron chi connectivity index (χ3n) is 6.14. The van der Waals surface area contributed by atoms with Gasteiger partial charge < -0.3 is 9.55 Å². The first-order valence-electron chi connectivity index (χ1n) is 11.0. The van der Waals surface area contributed by atoms with Crippen molar-refractivity contribution in [1.29, 1.82) is 0 Å². The molecule has 6 rings (SSSR count). The van der Waals surface area contributed by atoms with Crippen molar-refractivity contribution in [2.45, 2.75) is 6.54 Å². The first kappa shape index (κ1) is 19.3. The fraction of sp³-hybridized carbons (Fsp3) is 0.0345. The van der Waals surface area contributed by atoms with Gasteiger partial charge in [0.2, 0.25) is 0 Å². The van der Waals surface area contributed by atoms with Crippen LogP contribution in [0.2, 0.25) is 0 Å². The van der Waals surface area contributed by atoms with Gasteiger partial charge in [-0.3, -0.25) is 4.79 Å². The van der Waals surface area contributed by atoms with Gasteiger partial charge in [0.1, 0.15) is 0 Å². The Morgan fingerprint density at radius 3 is 2.21 bits per heavy atom. The average molecular weight is 428 g/mol. The summed E-state index contributed by atoms with van der Waals surface area (Å²) in [5.74, 6) is 0.0236. The molecule has 0 radical (unpaired) electrons. The maximum atomic E-state index is 14.0. The molecule has 0 saturated heterocycles. The predicted octanol–water partition coefficient (Wildman–Crippen LogP) is 6.46. The standard InChI is InChI=1S/C29H21N3O/c33-29(26-14-6-10-21-8-2-4-12-24(21)26)28-18-32(16-22-15-30-19-31-22)17-27(28)25-13-5-9-20-7-1-3-11-23(20)25/h1-15,17-19H,16H2,(H,30,31). The SMILES string of the molecule is O=C(c1cn(Cc2c[nH]cn2)cc1-c1cccc2ccccc12)c1cccc2ccccc12. The molecule has 2 heterocycles. The Kier molecular flexibility index (Phi) is 4.62. The third-order valence-corrected chi connectivity index (χ3v) is 6.14. The Bertz CT molecular complexity index is 1600. The van der Waals surface area contributed by atoms with Crippen LogP contribution >= 0.6 is 0 Å². The lowest BCUT2D eigenvalue weighted by molar-refractivity contribution is 0.104. The van der Waals surface area contributed by atoms with Gasteiger partial charge in [-0.2, -0.15) is 0 Å². The highest BCUT2D eigenvalue weighted by Gasteiger charge is 2.21. The number of imidazole rings is 1. The molecule has 33 heavy (non-hydrogen) atoms. The molecule has 0 unspecified atom stereocenters. The summed E-state index contributed by atoms with van der Waals surface area (Å²) in [6.07, 6.45) is 7.57. The maximum Gasteiger partial charge on any atom is 0.195 e. The number of nitrogens with zero attached hydrogens (tertiary/aromatic N) is 2. The summed E-state index contributed by atoms with van der Waals surface area (Å²) in [7, 11) is 0. The number of carbonyl (C=O) groups is 1. The molecule has 158 valence electrons. The van der Waals surface area contributed by atoms with Gasteiger partial charge in [-0.1, -0.05) is 84.9 Å². The zero-order chi connectivity index (χ0) is 22.2. The molecule has 1 N–H and O–H groups in total. The molecule has 4 heteroatoms. The highest BCUT2D eigenvalue weighted by Crippen LogP contribution is 2.34. The normalized spacial score (nSPS) is 11.3. The molecule has 0 aliphatic rings. The number of ketones is 1. The van der Waals surface area contributed by atoms with Gasteiger partial charge in [0, 0.05) is 35.3 Å². The topological polar surface area (TPSA) is 50.7 Å². The maximum absolute atomic E-state index is 14.0. The van der Waals surface area contributed by atoms with Crippen LogP contribution in [-0.2, 0) is 6.54 Å². The minimum Gasteiger partial charge on any atom is -0.351 e. The second-order valence-electron chi connectivity index (χ2n) is 8.20. The molecule has 0 atom stereocenters. The van der Waals surface area contributed by atoms with Crippen LogP contribution in [0, 0.1) is 0 Å². The number of fused-ring (bicyclic) bond motifs is 2. The number of aromatic amines is 1. The molecular formula is C29H21N3O. The molecule has 0 aliphatic carbocycles. The summed E-state index contributed by atoms with van der Waals surface area (Å²) in [4.78, 5) is 21.3. The van der Waals surface area contributed by atoms with Gasteiger partial charge in [0.05, 0.1) is 18.6 Å². The Morgan fingerprint density at radius 2 is 1.42 bits per heavy atom. The number of hydrogen-bond acceptors (Lipinski definition) is 2. The first-order valence-corrected chi connectivity index (χ1v) is 11.0. The molecule has 0 bridgehead atoms. The fourth-order valence-electron chi connectivity index (χ4n) is 4.59. The second-order valence-corrected chi connectivity index (χ2v) is 8.20. The summed E-state index contributed by atoms with van der Waals surface area (Å²) in [5, 5.41) is 4.31. The molecule has 2 aromatic heterocycles. The van der Waals surface area contributed by atoms with E-state index in [1.807, 2.05) is 71.6 Å². The molecule has 0 saturated carbocycles. The average Bonchev–Trinajstić information content (AvgIpc) is 3.53. The van der Waals surface area contributed by atoms with Crippen LogP contribution < -0.4 is 0 Å². The van der Waals surface area contributed by atoms with Crippen LogP contribution in [-0.4, -0.2) is 20.3 Å². The molecule has 0 amide bonds. The number of H-pyrrole nitrogens is 1. The van der Waals surface area contributed by atoms with Crippen molar-refractivity contribution in [3.05, 3.63) is 127 Å². The highest BCUT2D eigenvalue weighted by molar-refractivity contribution is 6.19. The fourth-order valence-corrected chi connectivity index (χ4v) is 4.59. The van der Waals surface area contributed by atoms with Crippen LogP contribution in [0.1, 0.15) is 21.6 Å². The number of rotatable bonds is 5. The van der Waals surface area contributed by atoms with Crippen molar-refractivity contribution >= 4 is 27.3 Å². The Hall–Kier alpha value is -4.44. The van der Waals surface area contributed by atoms with E-state index in [2.05, 4.69) is 46.5 Å². The zero-order valence-electron chi connectivity index (χ0n) is 17.9. The van der Waals surface area contributed by atoms with Crippen LogP contribution in [0.4, 0.5) is 0 Å². The summed E-state index contributed by atoms with van der Waals surface area (Å²) in [5.41, 5.74) is 4.31. The molecule has 0 fully saturated rings. The van der Waals surface area contributed by atoms with Gasteiger partial charge in [-0.25, -0.2) is 4.98 Å². The van der Waals surface area contributed by atoms with Crippen LogP contribution in [0.25, 0.3) is 32.7 Å². The smallest absolute Gasteiger partial charge is 0.195 e. The van der Waals surface area contributed by atoms with Gasteiger partial charge in [0.15, 0.2) is 5.78 Å². The summed E-state index contributed by atoms with van der Waals surface area (Å²) in [6, 6.07) is 28.5. The van der Waals surface area contributed by atoms with Crippen molar-refractivity contribution in [3.8, 4) is 11.1 Å². The van der Waals surface area contributed by atoms with Crippen molar-refractivity contribution in [2.24, 2.45) is 0 Å². The second kappa shape index (κ2) is 7.92. The summed E-state index contributed by atoms with van der Waals surface area (Å²) < 4.78 is 2.05. The number of benzene rings is 4. The van der Waals surface area contributed by atoms with Crippen molar-refractivity contribution in [2.75, 3.05) is 0 Å². The molecular weight excluding hydrogens is 406 g/mol. The predicted molar refractivity (Wildman–Crippen MR) is 132 cm³/mol. The minimum absolute atomic E-state index is 0.0236. The van der Waals surface area contributed by atoms with Crippen LogP contribution in [0.5, 0.6) is 0 Å². The van der Waals surface area contributed by atoms with Crippen molar-refractivity contribution < 1.29 is 4.79 Å². The van der Waals surface area contributed by atoms with Crippen LogP contribution in [0.3, 0.4) is 0 Å². The van der Waals surface area contributed by atoms with Crippen LogP contribution in [0.15, 0.2) is 110 Å². The van der Waals surface area contributed by atoms with Crippen molar-refractivity contribution in [1.82, 2.24) is 14.5 Å². The number of hydrogen-bond donors (Lipinski definition) is 1. The van der Waals surface area contributed by atoms with E-state index in [0.717, 1.165) is 38.4 Å². The highest BCUT2D eigenvalue weighted by atomic mass is 16.1. The monoisotopic (exact) mass is 427 g/mol. The zero-order valence-corrected chi connectivity index (χ0v) is 17.9. The van der Waals surface area contributed by atoms with Gasteiger partial charge in [-0.05, 0) is 27.1 Å². The summed E-state index contributed by atoms with van der Waals surface area (Å²) in [6.45, 7) is 0.587. The van der Waals surface area contributed by atoms with Gasteiger partial charge in [0.25, 0.3) is 0 Å². The van der Waals surface area contributed by atoms with E-state index in [-0.39, 0.29) is 5.78 Å². The van der Waals surface area contributed by atoms with Gasteiger partial charge >= 0.3 is 0 Å². The lowest BCUT2D eigenvalue weighted by atomic mass is 9.92. The number of aromatic nitrogens is 3.